The molecular weight excluding hydrogens is 632 g/mol. The number of azide groups is 2. The Kier molecular flexibility index (Phi) is 11.5. The third-order valence-electron chi connectivity index (χ3n) is 7.89. The van der Waals surface area contributed by atoms with Crippen LogP contribution in [-0.2, 0) is 28.9 Å². The average Bonchev–Trinajstić information content (AvgIpc) is 3.50. The van der Waals surface area contributed by atoms with Gasteiger partial charge in [-0.1, -0.05) is 82.5 Å². The van der Waals surface area contributed by atoms with Gasteiger partial charge >= 0.3 is 0 Å². The van der Waals surface area contributed by atoms with Crippen LogP contribution in [0, 0.1) is 0 Å². The maximum absolute atomic E-state index is 14.6. The number of benzene rings is 4. The molecule has 1 heterocycles. The summed E-state index contributed by atoms with van der Waals surface area (Å²) in [5.74, 6) is 0.445. The Bertz CT molecular complexity index is 1860. The van der Waals surface area contributed by atoms with Crippen LogP contribution in [0.4, 0.5) is 5.69 Å². The van der Waals surface area contributed by atoms with Crippen LogP contribution in [0.25, 0.3) is 20.9 Å². The maximum Gasteiger partial charge on any atom is 0.252 e. The molecule has 0 bridgehead atoms. The van der Waals surface area contributed by atoms with Crippen molar-refractivity contribution in [2.24, 2.45) is 15.2 Å². The first-order valence-corrected chi connectivity index (χ1v) is 15.7. The van der Waals surface area contributed by atoms with Gasteiger partial charge in [0, 0.05) is 52.1 Å². The predicted octanol–water partition coefficient (Wildman–Crippen LogP) is 7.71. The van der Waals surface area contributed by atoms with Crippen molar-refractivity contribution in [1.29, 1.82) is 0 Å². The zero-order valence-electron chi connectivity index (χ0n) is 25.9. The van der Waals surface area contributed by atoms with Crippen molar-refractivity contribution in [2.45, 2.75) is 37.5 Å². The molecule has 0 fully saturated rings. The summed E-state index contributed by atoms with van der Waals surface area (Å²) in [5.41, 5.74) is 20.7. The van der Waals surface area contributed by atoms with Crippen LogP contribution in [0.3, 0.4) is 0 Å². The van der Waals surface area contributed by atoms with Crippen LogP contribution in [0.15, 0.2) is 112 Å². The molecule has 5 rings (SSSR count). The van der Waals surface area contributed by atoms with Gasteiger partial charge in [-0.25, -0.2) is 4.99 Å². The highest BCUT2D eigenvalue weighted by Gasteiger charge is 2.54. The molecule has 1 aliphatic rings. The van der Waals surface area contributed by atoms with E-state index in [0.717, 1.165) is 5.56 Å². The van der Waals surface area contributed by atoms with Crippen LogP contribution in [0.2, 0.25) is 5.02 Å². The van der Waals surface area contributed by atoms with Gasteiger partial charge in [-0.3, -0.25) is 4.79 Å². The molecule has 0 aromatic heterocycles. The van der Waals surface area contributed by atoms with Crippen molar-refractivity contribution in [3.05, 3.63) is 151 Å². The monoisotopic (exact) mass is 664 g/mol. The van der Waals surface area contributed by atoms with E-state index in [1.807, 2.05) is 36.4 Å². The first-order valence-electron chi connectivity index (χ1n) is 15.3. The Morgan fingerprint density at radius 3 is 2.44 bits per heavy atom. The topological polar surface area (TPSA) is 178 Å². The standard InChI is InChI=1S/C35H33ClN8O4/c36-28-14-10-24(11-15-28)18-19-39-34(46)35(22-26-6-2-4-9-31(26)42-44-38)32(30-8-3-1-7-27(30)23-40-43-37)48-33(41-35)25-12-16-29(17-13-25)47-21-5-20-45/h1-4,6-17,32,45H,5,18-23H2,(H,39,46)/t32-,35-/m1/s1. The molecule has 244 valence electrons. The highest BCUT2D eigenvalue weighted by atomic mass is 35.5. The molecule has 12 nitrogen and oxygen atoms in total. The van der Waals surface area contributed by atoms with Gasteiger partial charge in [-0.2, -0.15) is 0 Å². The molecule has 0 unspecified atom stereocenters. The molecule has 4 aromatic rings. The van der Waals surface area contributed by atoms with Crippen LogP contribution >= 0.6 is 11.6 Å². The molecule has 2 atom stereocenters. The Morgan fingerprint density at radius 2 is 1.71 bits per heavy atom. The van der Waals surface area contributed by atoms with E-state index in [0.29, 0.717) is 64.7 Å². The summed E-state index contributed by atoms with van der Waals surface area (Å²) in [6, 6.07) is 28.9. The summed E-state index contributed by atoms with van der Waals surface area (Å²) in [4.78, 5) is 25.6. The SMILES string of the molecule is [N-]=[N+]=NCc1ccccc1[C@H]1OC(c2ccc(OCCCO)cc2)=N[C@@]1(Cc1ccccc1N=[N+]=[N-])C(=O)NCCc1ccc(Cl)cc1. The lowest BCUT2D eigenvalue weighted by Crippen LogP contribution is -2.50. The first kappa shape index (κ1) is 33.8. The van der Waals surface area contributed by atoms with E-state index in [9.17, 15) is 10.3 Å². The lowest BCUT2D eigenvalue weighted by atomic mass is 9.80. The minimum Gasteiger partial charge on any atom is -0.494 e. The minimum absolute atomic E-state index is 0.0257. The number of carbonyl (C=O) groups is 1. The van der Waals surface area contributed by atoms with Gasteiger partial charge in [0.15, 0.2) is 11.6 Å². The second kappa shape index (κ2) is 16.4. The number of nitrogens with one attached hydrogen (secondary N) is 1. The zero-order valence-corrected chi connectivity index (χ0v) is 26.7. The first-order chi connectivity index (χ1) is 23.5. The van der Waals surface area contributed by atoms with E-state index in [1.165, 1.54) is 0 Å². The van der Waals surface area contributed by atoms with Gasteiger partial charge in [0.2, 0.25) is 5.90 Å². The Hall–Kier alpha value is -5.51. The van der Waals surface area contributed by atoms with Gasteiger partial charge in [0.1, 0.15) is 5.75 Å². The zero-order chi connectivity index (χ0) is 33.8. The van der Waals surface area contributed by atoms with Gasteiger partial charge in [-0.15, -0.1) is 0 Å². The van der Waals surface area contributed by atoms with E-state index in [-0.39, 0.29) is 25.5 Å². The highest BCUT2D eigenvalue weighted by molar-refractivity contribution is 6.30. The highest BCUT2D eigenvalue weighted by Crippen LogP contribution is 2.45. The fourth-order valence-electron chi connectivity index (χ4n) is 5.52. The van der Waals surface area contributed by atoms with E-state index < -0.39 is 17.6 Å². The van der Waals surface area contributed by atoms with Gasteiger partial charge < -0.3 is 19.9 Å². The normalized spacial score (nSPS) is 16.5. The number of nitrogens with zero attached hydrogens (tertiary/aromatic N) is 7. The van der Waals surface area contributed by atoms with E-state index in [2.05, 4.69) is 25.4 Å². The summed E-state index contributed by atoms with van der Waals surface area (Å²) in [5, 5.41) is 20.5. The van der Waals surface area contributed by atoms with E-state index >= 15 is 0 Å². The number of aliphatic hydroxyl groups excluding tert-OH is 1. The fraction of sp³-hybridized carbons (Fsp3) is 0.257. The number of rotatable bonds is 15. The van der Waals surface area contributed by atoms with Crippen LogP contribution in [0.5, 0.6) is 5.75 Å². The second-order valence-corrected chi connectivity index (χ2v) is 11.4. The quantitative estimate of drug-likeness (QED) is 0.0572. The number of carbonyl (C=O) groups excluding carboxylic acids is 1. The maximum atomic E-state index is 14.6. The summed E-state index contributed by atoms with van der Waals surface area (Å²) in [6.07, 6.45) is 0.123. The molecule has 0 radical (unpaired) electrons. The summed E-state index contributed by atoms with van der Waals surface area (Å²) in [6.45, 7) is 0.725. The number of aliphatic imine (C=N–C) groups is 1. The molecule has 0 aliphatic carbocycles. The molecular formula is C35H33ClN8O4. The van der Waals surface area contributed by atoms with Crippen molar-refractivity contribution >= 4 is 29.1 Å². The Morgan fingerprint density at radius 1 is 0.979 bits per heavy atom. The third-order valence-corrected chi connectivity index (χ3v) is 8.14. The number of amides is 1. The number of hydrogen-bond acceptors (Lipinski definition) is 7. The van der Waals surface area contributed by atoms with Crippen molar-refractivity contribution in [3.8, 4) is 5.75 Å². The number of aliphatic hydroxyl groups is 1. The third kappa shape index (κ3) is 8.06. The molecule has 0 spiro atoms. The Balaban J connectivity index is 1.60. The van der Waals surface area contributed by atoms with Crippen LogP contribution in [0.1, 0.15) is 40.3 Å². The lowest BCUT2D eigenvalue weighted by Gasteiger charge is -2.32. The molecule has 48 heavy (non-hydrogen) atoms. The van der Waals surface area contributed by atoms with Gasteiger partial charge in [-0.05, 0) is 76.1 Å². The molecule has 13 heteroatoms. The number of hydrogen-bond donors (Lipinski definition) is 2. The predicted molar refractivity (Wildman–Crippen MR) is 183 cm³/mol. The summed E-state index contributed by atoms with van der Waals surface area (Å²) >= 11 is 6.06. The van der Waals surface area contributed by atoms with Crippen LogP contribution in [-0.4, -0.2) is 42.2 Å². The summed E-state index contributed by atoms with van der Waals surface area (Å²) in [7, 11) is 0. The smallest absolute Gasteiger partial charge is 0.252 e. The molecule has 0 saturated carbocycles. The average molecular weight is 665 g/mol. The van der Waals surface area contributed by atoms with E-state index in [1.54, 1.807) is 60.7 Å². The van der Waals surface area contributed by atoms with Crippen molar-refractivity contribution in [3.63, 3.8) is 0 Å². The van der Waals surface area contributed by atoms with Gasteiger partial charge in [0.05, 0.1) is 13.2 Å². The molecule has 0 saturated heterocycles. The Labute approximate surface area is 282 Å². The van der Waals surface area contributed by atoms with Gasteiger partial charge in [0.25, 0.3) is 5.91 Å². The molecule has 2 N–H and O–H groups in total. The number of ether oxygens (including phenoxy) is 2. The van der Waals surface area contributed by atoms with Crippen molar-refractivity contribution in [1.82, 2.24) is 5.32 Å². The molecule has 4 aromatic carbocycles. The molecule has 1 aliphatic heterocycles. The van der Waals surface area contributed by atoms with E-state index in [4.69, 9.17) is 36.7 Å². The largest absolute Gasteiger partial charge is 0.494 e. The van der Waals surface area contributed by atoms with Crippen molar-refractivity contribution < 1.29 is 19.4 Å². The number of halogens is 1. The van der Waals surface area contributed by atoms with Crippen molar-refractivity contribution in [2.75, 3.05) is 19.8 Å². The minimum atomic E-state index is -1.57. The second-order valence-electron chi connectivity index (χ2n) is 11.0. The summed E-state index contributed by atoms with van der Waals surface area (Å²) < 4.78 is 12.3. The molecule has 1 amide bonds. The lowest BCUT2D eigenvalue weighted by molar-refractivity contribution is -0.128. The van der Waals surface area contributed by atoms with Crippen LogP contribution < -0.4 is 10.1 Å². The fourth-order valence-corrected chi connectivity index (χ4v) is 5.65.